The normalized spacial score (nSPS) is 25.2. The Kier molecular flexibility index (Phi) is 8.25. The molecule has 174 valence electrons. The van der Waals surface area contributed by atoms with Gasteiger partial charge in [0.15, 0.2) is 6.17 Å². The molecule has 1 saturated heterocycles. The molecule has 0 radical (unpaired) electrons. The first kappa shape index (κ1) is 24.2. The second-order valence-electron chi connectivity index (χ2n) is 7.23. The SMILES string of the molecule is CCOC(=O)OCC1OC(c2ccc(Cl)c(Cc3ccc(OC)cn3)c2)C(O)C(O)C1F. The van der Waals surface area contributed by atoms with Gasteiger partial charge in [-0.05, 0) is 36.2 Å². The molecule has 2 heterocycles. The van der Waals surface area contributed by atoms with Crippen LogP contribution in [-0.2, 0) is 20.6 Å². The summed E-state index contributed by atoms with van der Waals surface area (Å²) in [6.45, 7) is 1.23. The Balaban J connectivity index is 1.78. The fraction of sp³-hybridized carbons (Fsp3) is 0.455. The molecule has 2 aromatic rings. The van der Waals surface area contributed by atoms with Gasteiger partial charge in [-0.1, -0.05) is 23.7 Å². The summed E-state index contributed by atoms with van der Waals surface area (Å²) in [5, 5.41) is 21.1. The summed E-state index contributed by atoms with van der Waals surface area (Å²) < 4.78 is 34.8. The van der Waals surface area contributed by atoms with E-state index in [1.54, 1.807) is 50.6 Å². The van der Waals surface area contributed by atoms with Crippen molar-refractivity contribution in [3.63, 3.8) is 0 Å². The molecular formula is C22H25ClFNO7. The number of benzene rings is 1. The average molecular weight is 470 g/mol. The van der Waals surface area contributed by atoms with Crippen molar-refractivity contribution in [1.82, 2.24) is 4.98 Å². The zero-order chi connectivity index (χ0) is 23.3. The molecule has 5 atom stereocenters. The van der Waals surface area contributed by atoms with E-state index in [9.17, 15) is 19.4 Å². The largest absolute Gasteiger partial charge is 0.508 e. The molecule has 1 aromatic heterocycles. The maximum absolute atomic E-state index is 14.5. The molecule has 0 saturated carbocycles. The maximum atomic E-state index is 14.5. The fourth-order valence-electron chi connectivity index (χ4n) is 3.39. The zero-order valence-corrected chi connectivity index (χ0v) is 18.4. The molecule has 0 amide bonds. The highest BCUT2D eigenvalue weighted by molar-refractivity contribution is 6.31. The van der Waals surface area contributed by atoms with Gasteiger partial charge in [-0.25, -0.2) is 9.18 Å². The molecule has 32 heavy (non-hydrogen) atoms. The first-order valence-corrected chi connectivity index (χ1v) is 10.4. The summed E-state index contributed by atoms with van der Waals surface area (Å²) in [5.74, 6) is 0.623. The van der Waals surface area contributed by atoms with Crippen molar-refractivity contribution < 1.29 is 38.3 Å². The fourth-order valence-corrected chi connectivity index (χ4v) is 3.57. The molecule has 2 N–H and O–H groups in total. The van der Waals surface area contributed by atoms with Crippen molar-refractivity contribution in [2.24, 2.45) is 0 Å². The Morgan fingerprint density at radius 1 is 1.22 bits per heavy atom. The van der Waals surface area contributed by atoms with Crippen molar-refractivity contribution in [3.8, 4) is 5.75 Å². The number of hydrogen-bond acceptors (Lipinski definition) is 8. The summed E-state index contributed by atoms with van der Waals surface area (Å²) in [4.78, 5) is 15.7. The molecule has 8 nitrogen and oxygen atoms in total. The Morgan fingerprint density at radius 2 is 2.00 bits per heavy atom. The van der Waals surface area contributed by atoms with E-state index in [0.29, 0.717) is 28.3 Å². The van der Waals surface area contributed by atoms with E-state index in [0.717, 1.165) is 5.69 Å². The van der Waals surface area contributed by atoms with E-state index in [-0.39, 0.29) is 6.61 Å². The van der Waals surface area contributed by atoms with Gasteiger partial charge in [-0.3, -0.25) is 4.98 Å². The number of hydrogen-bond donors (Lipinski definition) is 2. The van der Waals surface area contributed by atoms with Crippen molar-refractivity contribution in [2.45, 2.75) is 43.9 Å². The number of pyridine rings is 1. The maximum Gasteiger partial charge on any atom is 0.508 e. The molecule has 1 aliphatic heterocycles. The zero-order valence-electron chi connectivity index (χ0n) is 17.6. The van der Waals surface area contributed by atoms with Gasteiger partial charge in [0, 0.05) is 17.1 Å². The van der Waals surface area contributed by atoms with Gasteiger partial charge in [0.05, 0.1) is 19.9 Å². The van der Waals surface area contributed by atoms with Gasteiger partial charge in [0.2, 0.25) is 0 Å². The van der Waals surface area contributed by atoms with Gasteiger partial charge in [0.25, 0.3) is 0 Å². The number of carbonyl (C=O) groups is 1. The summed E-state index contributed by atoms with van der Waals surface area (Å²) >= 11 is 6.34. The quantitative estimate of drug-likeness (QED) is 0.596. The van der Waals surface area contributed by atoms with E-state index in [2.05, 4.69) is 9.72 Å². The van der Waals surface area contributed by atoms with Crippen LogP contribution in [0, 0.1) is 0 Å². The second-order valence-corrected chi connectivity index (χ2v) is 7.64. The number of aliphatic hydroxyl groups excluding tert-OH is 2. The number of alkyl halides is 1. The molecule has 0 aliphatic carbocycles. The molecule has 1 aromatic carbocycles. The average Bonchev–Trinajstić information content (AvgIpc) is 2.79. The minimum absolute atomic E-state index is 0.101. The van der Waals surface area contributed by atoms with E-state index in [1.807, 2.05) is 0 Å². The number of methoxy groups -OCH3 is 1. The number of carbonyl (C=O) groups excluding carboxylic acids is 1. The number of halogens is 2. The van der Waals surface area contributed by atoms with Crippen LogP contribution >= 0.6 is 11.6 Å². The third kappa shape index (κ3) is 5.66. The van der Waals surface area contributed by atoms with E-state index >= 15 is 0 Å². The van der Waals surface area contributed by atoms with Crippen LogP contribution in [0.3, 0.4) is 0 Å². The van der Waals surface area contributed by atoms with Crippen LogP contribution in [-0.4, -0.2) is 66.2 Å². The summed E-state index contributed by atoms with van der Waals surface area (Å²) in [6.07, 6.45) is -6.55. The van der Waals surface area contributed by atoms with Crippen LogP contribution in [0.5, 0.6) is 5.75 Å². The van der Waals surface area contributed by atoms with Crippen LogP contribution in [0.25, 0.3) is 0 Å². The minimum atomic E-state index is -1.95. The van der Waals surface area contributed by atoms with Crippen LogP contribution < -0.4 is 4.74 Å². The predicted molar refractivity (Wildman–Crippen MR) is 113 cm³/mol. The Hall–Kier alpha value is -2.46. The first-order valence-electron chi connectivity index (χ1n) is 10.1. The van der Waals surface area contributed by atoms with Crippen LogP contribution in [0.2, 0.25) is 5.02 Å². The Bertz CT molecular complexity index is 914. The number of rotatable bonds is 7. The highest BCUT2D eigenvalue weighted by atomic mass is 35.5. The van der Waals surface area contributed by atoms with Crippen molar-refractivity contribution in [2.75, 3.05) is 20.3 Å². The lowest BCUT2D eigenvalue weighted by molar-refractivity contribution is -0.215. The highest BCUT2D eigenvalue weighted by Crippen LogP contribution is 2.35. The Morgan fingerprint density at radius 3 is 2.66 bits per heavy atom. The molecule has 1 fully saturated rings. The summed E-state index contributed by atoms with van der Waals surface area (Å²) in [7, 11) is 1.55. The van der Waals surface area contributed by atoms with Crippen LogP contribution in [0.4, 0.5) is 9.18 Å². The van der Waals surface area contributed by atoms with Gasteiger partial charge in [-0.2, -0.15) is 0 Å². The lowest BCUT2D eigenvalue weighted by atomic mass is 9.91. The smallest absolute Gasteiger partial charge is 0.495 e. The van der Waals surface area contributed by atoms with Gasteiger partial charge in [0.1, 0.15) is 36.8 Å². The minimum Gasteiger partial charge on any atom is -0.495 e. The standard InChI is InChI=1S/C22H25ClFNO7/c1-3-30-22(28)31-11-17-18(24)19(26)20(27)21(32-17)12-4-7-16(23)13(8-12)9-14-5-6-15(29-2)10-25-14/h4-8,10,17-21,26-27H,3,9,11H2,1-2H3. The second kappa shape index (κ2) is 10.9. The van der Waals surface area contributed by atoms with Crippen molar-refractivity contribution in [1.29, 1.82) is 0 Å². The summed E-state index contributed by atoms with van der Waals surface area (Å²) in [5.41, 5.74) is 1.92. The highest BCUT2D eigenvalue weighted by Gasteiger charge is 2.46. The van der Waals surface area contributed by atoms with Gasteiger partial charge >= 0.3 is 6.16 Å². The van der Waals surface area contributed by atoms with E-state index in [4.69, 9.17) is 25.8 Å². The van der Waals surface area contributed by atoms with Crippen LogP contribution in [0.15, 0.2) is 36.5 Å². The van der Waals surface area contributed by atoms with E-state index < -0.39 is 43.3 Å². The van der Waals surface area contributed by atoms with Gasteiger partial charge in [-0.15, -0.1) is 0 Å². The van der Waals surface area contributed by atoms with E-state index in [1.165, 1.54) is 0 Å². The third-order valence-corrected chi connectivity index (χ3v) is 5.46. The van der Waals surface area contributed by atoms with Gasteiger partial charge < -0.3 is 29.2 Å². The Labute approximate surface area is 189 Å². The molecule has 0 bridgehead atoms. The third-order valence-electron chi connectivity index (χ3n) is 5.09. The molecule has 1 aliphatic rings. The lowest BCUT2D eigenvalue weighted by Gasteiger charge is -2.39. The van der Waals surface area contributed by atoms with Crippen LogP contribution in [0.1, 0.15) is 29.8 Å². The monoisotopic (exact) mass is 469 g/mol. The molecular weight excluding hydrogens is 445 g/mol. The predicted octanol–water partition coefficient (Wildman–Crippen LogP) is 3.01. The van der Waals surface area contributed by atoms with Crippen molar-refractivity contribution in [3.05, 3.63) is 58.4 Å². The number of aliphatic hydroxyl groups is 2. The molecule has 0 spiro atoms. The number of aromatic nitrogens is 1. The first-order chi connectivity index (χ1) is 15.3. The number of ether oxygens (including phenoxy) is 4. The molecule has 10 heteroatoms. The van der Waals surface area contributed by atoms with Crippen molar-refractivity contribution >= 4 is 17.8 Å². The molecule has 5 unspecified atom stereocenters. The summed E-state index contributed by atoms with van der Waals surface area (Å²) in [6, 6.07) is 8.53. The lowest BCUT2D eigenvalue weighted by Crippen LogP contribution is -2.53. The topological polar surface area (TPSA) is 107 Å². The number of nitrogens with zero attached hydrogens (tertiary/aromatic N) is 1. The molecule has 3 rings (SSSR count).